The second kappa shape index (κ2) is 9.13. The molecule has 0 aliphatic carbocycles. The number of fused-ring (bicyclic) bond motifs is 1. The first-order valence-electron chi connectivity index (χ1n) is 9.37. The number of thioether (sulfide) groups is 1. The molecule has 1 aliphatic heterocycles. The fourth-order valence-corrected chi connectivity index (χ4v) is 4.90. The number of hydrogen-bond acceptors (Lipinski definition) is 3. The van der Waals surface area contributed by atoms with E-state index in [2.05, 4.69) is 5.32 Å². The highest BCUT2D eigenvalue weighted by Gasteiger charge is 2.30. The van der Waals surface area contributed by atoms with Gasteiger partial charge in [-0.15, -0.1) is 11.8 Å². The van der Waals surface area contributed by atoms with Crippen molar-refractivity contribution in [1.29, 1.82) is 0 Å². The van der Waals surface area contributed by atoms with Crippen LogP contribution in [0.3, 0.4) is 0 Å². The minimum Gasteiger partial charge on any atom is -0.324 e. The van der Waals surface area contributed by atoms with Gasteiger partial charge in [-0.1, -0.05) is 65.7 Å². The zero-order chi connectivity index (χ0) is 21.1. The predicted molar refractivity (Wildman–Crippen MR) is 124 cm³/mol. The van der Waals surface area contributed by atoms with E-state index in [1.165, 1.54) is 0 Å². The van der Waals surface area contributed by atoms with E-state index in [1.54, 1.807) is 34.9 Å². The molecule has 0 spiro atoms. The second-order valence-electron chi connectivity index (χ2n) is 6.85. The predicted octanol–water partition coefficient (Wildman–Crippen LogP) is 6.20. The molecule has 4 rings (SSSR count). The molecule has 1 atom stereocenters. The number of rotatable bonds is 4. The van der Waals surface area contributed by atoms with E-state index >= 15 is 0 Å². The van der Waals surface area contributed by atoms with Gasteiger partial charge in [0.2, 0.25) is 11.8 Å². The van der Waals surface area contributed by atoms with Crippen LogP contribution in [0.2, 0.25) is 10.0 Å². The Hall–Kier alpha value is -2.47. The Bertz CT molecular complexity index is 1090. The highest BCUT2D eigenvalue weighted by molar-refractivity contribution is 7.99. The molecule has 0 saturated heterocycles. The van der Waals surface area contributed by atoms with Gasteiger partial charge in [0.1, 0.15) is 6.54 Å². The zero-order valence-corrected chi connectivity index (χ0v) is 18.2. The van der Waals surface area contributed by atoms with E-state index in [1.807, 2.05) is 54.6 Å². The molecule has 2 amide bonds. The van der Waals surface area contributed by atoms with Gasteiger partial charge in [-0.25, -0.2) is 0 Å². The van der Waals surface area contributed by atoms with Gasteiger partial charge < -0.3 is 10.2 Å². The topological polar surface area (TPSA) is 49.4 Å². The van der Waals surface area contributed by atoms with Crippen molar-refractivity contribution in [3.8, 4) is 0 Å². The van der Waals surface area contributed by atoms with E-state index in [4.69, 9.17) is 23.2 Å². The third-order valence-corrected chi connectivity index (χ3v) is 6.82. The van der Waals surface area contributed by atoms with E-state index in [9.17, 15) is 9.59 Å². The minimum atomic E-state index is -0.306. The summed E-state index contributed by atoms with van der Waals surface area (Å²) in [5.74, 6) is -0.398. The number of nitrogens with zero attached hydrogens (tertiary/aromatic N) is 1. The summed E-state index contributed by atoms with van der Waals surface area (Å²) >= 11 is 13.6. The van der Waals surface area contributed by atoms with Gasteiger partial charge >= 0.3 is 0 Å². The highest BCUT2D eigenvalue weighted by atomic mass is 35.5. The van der Waals surface area contributed by atoms with Crippen LogP contribution in [0.15, 0.2) is 77.7 Å². The van der Waals surface area contributed by atoms with Crippen LogP contribution in [-0.4, -0.2) is 18.4 Å². The van der Waals surface area contributed by atoms with Gasteiger partial charge in [-0.05, 0) is 35.9 Å². The number of hydrogen-bond donors (Lipinski definition) is 1. The molecule has 0 radical (unpaired) electrons. The van der Waals surface area contributed by atoms with Crippen molar-refractivity contribution in [2.24, 2.45) is 0 Å². The van der Waals surface area contributed by atoms with Crippen molar-refractivity contribution in [2.75, 3.05) is 16.8 Å². The maximum atomic E-state index is 13.1. The summed E-state index contributed by atoms with van der Waals surface area (Å²) in [6.45, 7) is -0.0852. The molecule has 7 heteroatoms. The van der Waals surface area contributed by atoms with Gasteiger partial charge in [0.15, 0.2) is 0 Å². The summed E-state index contributed by atoms with van der Waals surface area (Å²) in [5.41, 5.74) is 2.37. The van der Waals surface area contributed by atoms with Gasteiger partial charge in [0.25, 0.3) is 0 Å². The number of para-hydroxylation sites is 1. The lowest BCUT2D eigenvalue weighted by Gasteiger charge is -2.22. The Morgan fingerprint density at radius 1 is 1.00 bits per heavy atom. The van der Waals surface area contributed by atoms with Crippen molar-refractivity contribution < 1.29 is 9.59 Å². The first-order valence-corrected chi connectivity index (χ1v) is 11.0. The average Bonchev–Trinajstić information content (AvgIpc) is 2.88. The van der Waals surface area contributed by atoms with Crippen LogP contribution in [0.4, 0.5) is 11.4 Å². The largest absolute Gasteiger partial charge is 0.324 e. The van der Waals surface area contributed by atoms with E-state index < -0.39 is 0 Å². The lowest BCUT2D eigenvalue weighted by molar-refractivity contribution is -0.121. The molecule has 0 unspecified atom stereocenters. The summed E-state index contributed by atoms with van der Waals surface area (Å²) in [6.07, 6.45) is 0.309. The third-order valence-electron chi connectivity index (χ3n) is 4.76. The lowest BCUT2D eigenvalue weighted by atomic mass is 10.1. The van der Waals surface area contributed by atoms with Crippen molar-refractivity contribution in [2.45, 2.75) is 16.6 Å². The van der Waals surface area contributed by atoms with Crippen molar-refractivity contribution in [3.63, 3.8) is 0 Å². The van der Waals surface area contributed by atoms with Crippen LogP contribution in [0.5, 0.6) is 0 Å². The van der Waals surface area contributed by atoms with Crippen molar-refractivity contribution in [3.05, 3.63) is 88.4 Å². The van der Waals surface area contributed by atoms with Crippen LogP contribution in [0, 0.1) is 0 Å². The number of anilines is 2. The molecule has 0 fully saturated rings. The molecule has 0 aromatic heterocycles. The highest BCUT2D eigenvalue weighted by Crippen LogP contribution is 2.45. The van der Waals surface area contributed by atoms with Crippen molar-refractivity contribution in [1.82, 2.24) is 0 Å². The standard InChI is InChI=1S/C23H18Cl2N2O2S/c24-17-11-10-16(12-18(17)25)26-22(28)14-27-19-8-4-5-9-20(19)30-21(13-23(27)29)15-6-2-1-3-7-15/h1-12,21H,13-14H2,(H,26,28)/t21-/m0/s1. The Kier molecular flexibility index (Phi) is 6.32. The van der Waals surface area contributed by atoms with Crippen molar-refractivity contribution >= 4 is 58.2 Å². The van der Waals surface area contributed by atoms with Crippen LogP contribution >= 0.6 is 35.0 Å². The third kappa shape index (κ3) is 4.64. The van der Waals surface area contributed by atoms with Gasteiger partial charge in [0.05, 0.1) is 15.7 Å². The second-order valence-corrected chi connectivity index (χ2v) is 8.90. The fourth-order valence-electron chi connectivity index (χ4n) is 3.32. The summed E-state index contributed by atoms with van der Waals surface area (Å²) in [5, 5.41) is 3.54. The molecular weight excluding hydrogens is 439 g/mol. The normalized spacial score (nSPS) is 16.0. The number of nitrogens with one attached hydrogen (secondary N) is 1. The number of carbonyl (C=O) groups is 2. The van der Waals surface area contributed by atoms with E-state index in [-0.39, 0.29) is 23.6 Å². The molecule has 30 heavy (non-hydrogen) atoms. The summed E-state index contributed by atoms with van der Waals surface area (Å²) < 4.78 is 0. The lowest BCUT2D eigenvalue weighted by Crippen LogP contribution is -2.38. The summed E-state index contributed by atoms with van der Waals surface area (Å²) in [7, 11) is 0. The Morgan fingerprint density at radius 3 is 2.50 bits per heavy atom. The molecular formula is C23H18Cl2N2O2S. The van der Waals surface area contributed by atoms with Gasteiger partial charge in [-0.2, -0.15) is 0 Å². The Balaban J connectivity index is 1.57. The first kappa shape index (κ1) is 20.8. The molecule has 1 N–H and O–H groups in total. The van der Waals surface area contributed by atoms with Gasteiger partial charge in [0, 0.05) is 22.3 Å². The first-order chi connectivity index (χ1) is 14.5. The molecule has 3 aromatic rings. The molecule has 1 heterocycles. The Labute approximate surface area is 189 Å². The van der Waals surface area contributed by atoms with Crippen LogP contribution in [0.25, 0.3) is 0 Å². The SMILES string of the molecule is O=C(CN1C(=O)C[C@@H](c2ccccc2)Sc2ccccc21)Nc1ccc(Cl)c(Cl)c1. The quantitative estimate of drug-likeness (QED) is 0.507. The maximum Gasteiger partial charge on any atom is 0.244 e. The Morgan fingerprint density at radius 2 is 1.73 bits per heavy atom. The van der Waals surface area contributed by atoms with E-state index in [0.29, 0.717) is 22.2 Å². The number of carbonyl (C=O) groups excluding carboxylic acids is 2. The molecule has 1 aliphatic rings. The molecule has 0 saturated carbocycles. The molecule has 3 aromatic carbocycles. The fraction of sp³-hybridized carbons (Fsp3) is 0.130. The minimum absolute atomic E-state index is 0.0111. The number of halogens is 2. The summed E-state index contributed by atoms with van der Waals surface area (Å²) in [6, 6.07) is 22.5. The van der Waals surface area contributed by atoms with Gasteiger partial charge in [-0.3, -0.25) is 9.59 Å². The average molecular weight is 457 g/mol. The molecule has 0 bridgehead atoms. The summed E-state index contributed by atoms with van der Waals surface area (Å²) in [4.78, 5) is 28.4. The zero-order valence-electron chi connectivity index (χ0n) is 15.8. The number of benzene rings is 3. The maximum absolute atomic E-state index is 13.1. The van der Waals surface area contributed by atoms with Crippen LogP contribution in [0.1, 0.15) is 17.2 Å². The molecule has 152 valence electrons. The smallest absolute Gasteiger partial charge is 0.244 e. The molecule has 4 nitrogen and oxygen atoms in total. The van der Waals surface area contributed by atoms with E-state index in [0.717, 1.165) is 16.1 Å². The van der Waals surface area contributed by atoms with Crippen LogP contribution in [-0.2, 0) is 9.59 Å². The monoisotopic (exact) mass is 456 g/mol. The number of amides is 2. The van der Waals surface area contributed by atoms with Crippen LogP contribution < -0.4 is 10.2 Å².